The van der Waals surface area contributed by atoms with Crippen molar-refractivity contribution in [1.82, 2.24) is 14.9 Å². The number of piperidine rings is 2. The van der Waals surface area contributed by atoms with Crippen molar-refractivity contribution in [2.75, 3.05) is 5.32 Å². The maximum Gasteiger partial charge on any atom is 0.327 e. The molecule has 0 saturated carbocycles. The Morgan fingerprint density at radius 2 is 2.04 bits per heavy atom. The van der Waals surface area contributed by atoms with Crippen LogP contribution in [0.15, 0.2) is 24.4 Å². The van der Waals surface area contributed by atoms with E-state index in [9.17, 15) is 4.79 Å². The number of ether oxygens (including phenoxy) is 1. The number of anilines is 1. The zero-order valence-corrected chi connectivity index (χ0v) is 17.2. The van der Waals surface area contributed by atoms with Gasteiger partial charge in [0, 0.05) is 35.8 Å². The van der Waals surface area contributed by atoms with Crippen LogP contribution in [0.4, 0.5) is 5.82 Å². The average molecular weight is 401 g/mol. The first kappa shape index (κ1) is 18.1. The third-order valence-corrected chi connectivity index (χ3v) is 6.42. The zero-order valence-electron chi connectivity index (χ0n) is 16.4. The Kier molecular flexibility index (Phi) is 3.91. The van der Waals surface area contributed by atoms with Gasteiger partial charge in [0.05, 0.1) is 5.52 Å². The molecular formula is C21H25ClN4O2. The van der Waals surface area contributed by atoms with Gasteiger partial charge in [-0.05, 0) is 58.6 Å². The number of hydrogen-bond acceptors (Lipinski definition) is 6. The molecule has 3 saturated heterocycles. The summed E-state index contributed by atoms with van der Waals surface area (Å²) in [6, 6.07) is 6.90. The lowest BCUT2D eigenvalue weighted by molar-refractivity contribution is -0.241. The highest BCUT2D eigenvalue weighted by molar-refractivity contribution is 6.30. The smallest absolute Gasteiger partial charge is 0.327 e. The van der Waals surface area contributed by atoms with Gasteiger partial charge in [0.25, 0.3) is 0 Å². The molecule has 6 nitrogen and oxygen atoms in total. The summed E-state index contributed by atoms with van der Waals surface area (Å²) in [6.07, 6.45) is 5.54. The normalized spacial score (nSPS) is 31.5. The topological polar surface area (TPSA) is 67.3 Å². The zero-order chi connectivity index (χ0) is 19.7. The Morgan fingerprint density at radius 3 is 2.71 bits per heavy atom. The van der Waals surface area contributed by atoms with Crippen LogP contribution in [-0.4, -0.2) is 50.1 Å². The summed E-state index contributed by atoms with van der Waals surface area (Å²) in [5.41, 5.74) is 0.0481. The number of esters is 1. The molecule has 3 fully saturated rings. The SMILES string of the molecule is CC(C)(C)OC(=O)C12C[C@H]3CC(Nc4nc(Cl)cc5ncccc45)C[C@@H](C1)N32. The quantitative estimate of drug-likeness (QED) is 0.624. The summed E-state index contributed by atoms with van der Waals surface area (Å²) in [4.78, 5) is 24.0. The van der Waals surface area contributed by atoms with Gasteiger partial charge in [-0.15, -0.1) is 0 Å². The molecule has 4 atom stereocenters. The Hall–Kier alpha value is -1.92. The number of pyridine rings is 2. The van der Waals surface area contributed by atoms with Crippen LogP contribution in [0.5, 0.6) is 0 Å². The van der Waals surface area contributed by atoms with Gasteiger partial charge < -0.3 is 10.1 Å². The number of aromatic nitrogens is 2. The second-order valence-electron chi connectivity index (χ2n) is 9.33. The summed E-state index contributed by atoms with van der Waals surface area (Å²) in [5, 5.41) is 5.04. The molecule has 5 rings (SSSR count). The number of hydrogen-bond donors (Lipinski definition) is 1. The van der Waals surface area contributed by atoms with E-state index in [1.54, 1.807) is 12.3 Å². The largest absolute Gasteiger partial charge is 0.459 e. The highest BCUT2D eigenvalue weighted by atomic mass is 35.5. The number of carbonyl (C=O) groups is 1. The van der Waals surface area contributed by atoms with Gasteiger partial charge in [-0.2, -0.15) is 0 Å². The Bertz CT molecular complexity index is 941. The molecule has 0 aliphatic carbocycles. The van der Waals surface area contributed by atoms with E-state index in [0.717, 1.165) is 42.4 Å². The summed E-state index contributed by atoms with van der Waals surface area (Å²) in [5.74, 6) is 0.749. The number of nitrogens with one attached hydrogen (secondary N) is 1. The Morgan fingerprint density at radius 1 is 1.32 bits per heavy atom. The summed E-state index contributed by atoms with van der Waals surface area (Å²) < 4.78 is 5.69. The molecule has 148 valence electrons. The van der Waals surface area contributed by atoms with Crippen molar-refractivity contribution in [3.05, 3.63) is 29.5 Å². The minimum absolute atomic E-state index is 0.0486. The Labute approximate surface area is 169 Å². The number of fused-ring (bicyclic) bond motifs is 1. The van der Waals surface area contributed by atoms with Crippen LogP contribution >= 0.6 is 11.6 Å². The summed E-state index contributed by atoms with van der Waals surface area (Å²) in [6.45, 7) is 5.80. The number of nitrogens with zero attached hydrogens (tertiary/aromatic N) is 3. The van der Waals surface area contributed by atoms with Crippen molar-refractivity contribution >= 4 is 34.3 Å². The van der Waals surface area contributed by atoms with Crippen LogP contribution in [0.1, 0.15) is 46.5 Å². The van der Waals surface area contributed by atoms with Crippen LogP contribution in [0.25, 0.3) is 10.9 Å². The maximum atomic E-state index is 12.7. The molecule has 3 aliphatic heterocycles. The number of halogens is 1. The van der Waals surface area contributed by atoms with Crippen LogP contribution in [-0.2, 0) is 9.53 Å². The lowest BCUT2D eigenvalue weighted by Crippen LogP contribution is -2.84. The molecule has 2 aromatic heterocycles. The molecule has 5 heterocycles. The average Bonchev–Trinajstić information content (AvgIpc) is 2.55. The first-order valence-corrected chi connectivity index (χ1v) is 10.3. The minimum Gasteiger partial charge on any atom is -0.459 e. The highest BCUT2D eigenvalue weighted by Crippen LogP contribution is 2.57. The Balaban J connectivity index is 1.30. The van der Waals surface area contributed by atoms with Gasteiger partial charge in [-0.25, -0.2) is 4.98 Å². The van der Waals surface area contributed by atoms with E-state index in [1.165, 1.54) is 0 Å². The van der Waals surface area contributed by atoms with E-state index in [4.69, 9.17) is 16.3 Å². The van der Waals surface area contributed by atoms with Crippen LogP contribution in [0.2, 0.25) is 5.15 Å². The van der Waals surface area contributed by atoms with Gasteiger partial charge in [0.1, 0.15) is 22.1 Å². The van der Waals surface area contributed by atoms with Crippen molar-refractivity contribution in [2.45, 2.75) is 75.7 Å². The number of carbonyl (C=O) groups excluding carboxylic acids is 1. The molecule has 0 spiro atoms. The standard InChI is InChI=1S/C21H25ClN4O2/c1-20(2,3)28-19(27)21-10-13-7-12(8-14(11-21)26(13)21)24-18-15-5-4-6-23-16(15)9-17(22)25-18/h4-6,9,12-14H,7-8,10-11H2,1-3H3,(H,24,25)/t12?,13-,14+,21?. The van der Waals surface area contributed by atoms with Crippen molar-refractivity contribution < 1.29 is 9.53 Å². The third kappa shape index (κ3) is 2.77. The van der Waals surface area contributed by atoms with Gasteiger partial charge in [0.2, 0.25) is 0 Å². The first-order chi connectivity index (χ1) is 13.2. The molecule has 2 aromatic rings. The third-order valence-electron chi connectivity index (χ3n) is 6.23. The predicted octanol–water partition coefficient (Wildman–Crippen LogP) is 3.78. The maximum absolute atomic E-state index is 12.7. The fourth-order valence-corrected chi connectivity index (χ4v) is 5.49. The first-order valence-electron chi connectivity index (χ1n) is 9.95. The van der Waals surface area contributed by atoms with Crippen molar-refractivity contribution in [3.63, 3.8) is 0 Å². The van der Waals surface area contributed by atoms with Crippen molar-refractivity contribution in [3.8, 4) is 0 Å². The summed E-state index contributed by atoms with van der Waals surface area (Å²) in [7, 11) is 0. The molecular weight excluding hydrogens is 376 g/mol. The molecule has 7 heteroatoms. The monoisotopic (exact) mass is 400 g/mol. The fraction of sp³-hybridized carbons (Fsp3) is 0.571. The van der Waals surface area contributed by atoms with E-state index in [1.807, 2.05) is 32.9 Å². The molecule has 0 radical (unpaired) electrons. The fourth-order valence-electron chi connectivity index (χ4n) is 5.30. The van der Waals surface area contributed by atoms with E-state index in [2.05, 4.69) is 20.2 Å². The van der Waals surface area contributed by atoms with Crippen LogP contribution < -0.4 is 5.32 Å². The van der Waals surface area contributed by atoms with Crippen LogP contribution in [0, 0.1) is 0 Å². The summed E-state index contributed by atoms with van der Waals surface area (Å²) >= 11 is 6.20. The molecule has 2 unspecified atom stereocenters. The molecule has 3 aliphatic rings. The highest BCUT2D eigenvalue weighted by Gasteiger charge is 2.70. The van der Waals surface area contributed by atoms with E-state index >= 15 is 0 Å². The van der Waals surface area contributed by atoms with E-state index in [-0.39, 0.29) is 11.5 Å². The lowest BCUT2D eigenvalue weighted by atomic mass is 9.59. The van der Waals surface area contributed by atoms with Gasteiger partial charge in [0.15, 0.2) is 0 Å². The second kappa shape index (κ2) is 6.04. The predicted molar refractivity (Wildman–Crippen MR) is 108 cm³/mol. The second-order valence-corrected chi connectivity index (χ2v) is 9.72. The van der Waals surface area contributed by atoms with Gasteiger partial charge in [-0.1, -0.05) is 11.6 Å². The lowest BCUT2D eigenvalue weighted by Gasteiger charge is -2.71. The van der Waals surface area contributed by atoms with Crippen molar-refractivity contribution in [1.29, 1.82) is 0 Å². The van der Waals surface area contributed by atoms with Gasteiger partial charge in [-0.3, -0.25) is 14.7 Å². The minimum atomic E-state index is -0.435. The molecule has 1 N–H and O–H groups in total. The van der Waals surface area contributed by atoms with E-state index in [0.29, 0.717) is 23.3 Å². The van der Waals surface area contributed by atoms with E-state index < -0.39 is 5.60 Å². The molecule has 0 aromatic carbocycles. The molecule has 0 bridgehead atoms. The van der Waals surface area contributed by atoms with Gasteiger partial charge >= 0.3 is 5.97 Å². The number of rotatable bonds is 3. The van der Waals surface area contributed by atoms with Crippen LogP contribution in [0.3, 0.4) is 0 Å². The molecule has 28 heavy (non-hydrogen) atoms. The van der Waals surface area contributed by atoms with Crippen molar-refractivity contribution in [2.24, 2.45) is 0 Å². The molecule has 0 amide bonds.